The van der Waals surface area contributed by atoms with Crippen molar-refractivity contribution in [2.45, 2.75) is 19.4 Å². The Kier molecular flexibility index (Phi) is 6.05. The number of para-hydroxylation sites is 1. The Morgan fingerprint density at radius 1 is 0.744 bits per heavy atom. The second-order valence-electron chi connectivity index (χ2n) is 11.2. The van der Waals surface area contributed by atoms with Crippen LogP contribution < -0.4 is 10.6 Å². The fourth-order valence-corrected chi connectivity index (χ4v) is 6.47. The normalized spacial score (nSPS) is 12.4. The molecule has 0 bridgehead atoms. The maximum atomic E-state index is 6.37. The number of nitrogen functional groups attached to an aromatic ring is 1. The Morgan fingerprint density at radius 2 is 1.53 bits per heavy atom. The van der Waals surface area contributed by atoms with Crippen molar-refractivity contribution in [3.05, 3.63) is 150 Å². The second-order valence-corrected chi connectivity index (χ2v) is 11.2. The van der Waals surface area contributed by atoms with Gasteiger partial charge in [0, 0.05) is 39.5 Å². The number of aryl methyl sites for hydroxylation is 1. The van der Waals surface area contributed by atoms with E-state index in [9.17, 15) is 0 Å². The first-order valence-corrected chi connectivity index (χ1v) is 14.8. The lowest BCUT2D eigenvalue weighted by Gasteiger charge is -2.26. The summed E-state index contributed by atoms with van der Waals surface area (Å²) >= 11 is 0. The first-order chi connectivity index (χ1) is 21.2. The van der Waals surface area contributed by atoms with E-state index in [4.69, 9.17) is 10.7 Å². The molecule has 7 aromatic rings. The van der Waals surface area contributed by atoms with Gasteiger partial charge in [-0.3, -0.25) is 0 Å². The lowest BCUT2D eigenvalue weighted by atomic mass is 9.89. The molecule has 6 aromatic carbocycles. The minimum Gasteiger partial charge on any atom is -0.390 e. The van der Waals surface area contributed by atoms with Gasteiger partial charge < -0.3 is 10.6 Å². The van der Waals surface area contributed by atoms with Crippen molar-refractivity contribution in [1.82, 2.24) is 4.98 Å². The Hall–Kier alpha value is -5.59. The molecule has 1 aromatic heterocycles. The largest absolute Gasteiger partial charge is 0.390 e. The van der Waals surface area contributed by atoms with Gasteiger partial charge in [0.1, 0.15) is 5.69 Å². The summed E-state index contributed by atoms with van der Waals surface area (Å²) in [6, 6.07) is 46.8. The van der Waals surface area contributed by atoms with Gasteiger partial charge in [0.15, 0.2) is 0 Å². The Bertz CT molecular complexity index is 2160. The highest BCUT2D eigenvalue weighted by molar-refractivity contribution is 6.18. The number of hydrogen-bond donors (Lipinski definition) is 1. The molecule has 0 unspecified atom stereocenters. The lowest BCUT2D eigenvalue weighted by molar-refractivity contribution is 0.977. The van der Waals surface area contributed by atoms with Crippen LogP contribution in [0.25, 0.3) is 49.8 Å². The molecule has 0 saturated carbocycles. The molecule has 1 aliphatic rings. The number of anilines is 3. The number of fused-ring (bicyclic) bond motifs is 6. The Labute approximate surface area is 251 Å². The van der Waals surface area contributed by atoms with Gasteiger partial charge in [0.05, 0.1) is 16.7 Å². The van der Waals surface area contributed by atoms with Crippen LogP contribution in [-0.4, -0.2) is 4.98 Å². The molecule has 8 rings (SSSR count). The van der Waals surface area contributed by atoms with Gasteiger partial charge in [0.2, 0.25) is 0 Å². The van der Waals surface area contributed by atoms with E-state index in [1.54, 1.807) is 0 Å². The third kappa shape index (κ3) is 4.36. The number of rotatable bonds is 5. The average Bonchev–Trinajstić information content (AvgIpc) is 3.07. The zero-order chi connectivity index (χ0) is 28.8. The molecule has 0 fully saturated rings. The number of hydrogen-bond acceptors (Lipinski definition) is 3. The van der Waals surface area contributed by atoms with E-state index in [0.29, 0.717) is 12.2 Å². The molecule has 0 radical (unpaired) electrons. The highest BCUT2D eigenvalue weighted by atomic mass is 15.1. The number of benzene rings is 5. The van der Waals surface area contributed by atoms with E-state index in [-0.39, 0.29) is 0 Å². The average molecular weight is 552 g/mol. The summed E-state index contributed by atoms with van der Waals surface area (Å²) in [4.78, 5) is 7.60. The zero-order valence-electron chi connectivity index (χ0n) is 23.7. The van der Waals surface area contributed by atoms with Crippen LogP contribution in [0, 0.1) is 12.1 Å². The van der Waals surface area contributed by atoms with Crippen molar-refractivity contribution < 1.29 is 0 Å². The molecule has 2 N–H and O–H groups in total. The quantitative estimate of drug-likeness (QED) is 0.171. The lowest BCUT2D eigenvalue weighted by Crippen LogP contribution is -2.17. The minimum atomic E-state index is 0.585. The number of allylic oxidation sites excluding steroid dienone is 1. The van der Waals surface area contributed by atoms with Crippen molar-refractivity contribution in [1.29, 1.82) is 0 Å². The summed E-state index contributed by atoms with van der Waals surface area (Å²) in [7, 11) is 0. The van der Waals surface area contributed by atoms with Crippen LogP contribution in [0.4, 0.5) is 17.1 Å². The first kappa shape index (κ1) is 25.1. The van der Waals surface area contributed by atoms with E-state index >= 15 is 0 Å². The van der Waals surface area contributed by atoms with Gasteiger partial charge in [-0.2, -0.15) is 0 Å². The smallest absolute Gasteiger partial charge is 0.107 e. The molecule has 3 nitrogen and oxygen atoms in total. The van der Waals surface area contributed by atoms with Crippen molar-refractivity contribution in [2.75, 3.05) is 10.6 Å². The molecule has 1 heterocycles. The molecule has 204 valence electrons. The van der Waals surface area contributed by atoms with Crippen LogP contribution in [0.2, 0.25) is 0 Å². The van der Waals surface area contributed by atoms with E-state index in [2.05, 4.69) is 126 Å². The molecule has 0 atom stereocenters. The Balaban J connectivity index is 1.28. The molecular weight excluding hydrogens is 522 g/mol. The molecule has 0 aliphatic heterocycles. The summed E-state index contributed by atoms with van der Waals surface area (Å²) < 4.78 is 0. The number of nitrogens with zero attached hydrogens (tertiary/aromatic N) is 2. The van der Waals surface area contributed by atoms with Crippen LogP contribution in [-0.2, 0) is 13.0 Å². The number of aromatic nitrogens is 1. The van der Waals surface area contributed by atoms with Crippen molar-refractivity contribution in [3.8, 4) is 11.1 Å². The molecule has 0 saturated heterocycles. The van der Waals surface area contributed by atoms with Crippen molar-refractivity contribution >= 4 is 55.7 Å². The van der Waals surface area contributed by atoms with E-state index in [1.807, 2.05) is 18.2 Å². The van der Waals surface area contributed by atoms with Crippen LogP contribution in [0.1, 0.15) is 23.1 Å². The minimum absolute atomic E-state index is 0.585. The highest BCUT2D eigenvalue weighted by Gasteiger charge is 2.18. The molecular formula is C40H29N3. The maximum Gasteiger partial charge on any atom is 0.107 e. The van der Waals surface area contributed by atoms with E-state index in [1.165, 1.54) is 49.4 Å². The first-order valence-electron chi connectivity index (χ1n) is 14.8. The fraction of sp³-hybridized carbons (Fsp3) is 0.0750. The van der Waals surface area contributed by atoms with Crippen molar-refractivity contribution in [3.63, 3.8) is 0 Å². The van der Waals surface area contributed by atoms with Gasteiger partial charge in [-0.15, -0.1) is 0 Å². The molecule has 0 amide bonds. The summed E-state index contributed by atoms with van der Waals surface area (Å²) in [6.45, 7) is 0.674. The van der Waals surface area contributed by atoms with E-state index in [0.717, 1.165) is 35.2 Å². The van der Waals surface area contributed by atoms with Crippen LogP contribution in [0.15, 0.2) is 121 Å². The summed E-state index contributed by atoms with van der Waals surface area (Å²) in [5.41, 5.74) is 17.3. The molecule has 43 heavy (non-hydrogen) atoms. The summed E-state index contributed by atoms with van der Waals surface area (Å²) in [5.74, 6) is 0. The number of nitrogens with two attached hydrogens (primary N) is 1. The predicted molar refractivity (Wildman–Crippen MR) is 180 cm³/mol. The van der Waals surface area contributed by atoms with Gasteiger partial charge >= 0.3 is 0 Å². The van der Waals surface area contributed by atoms with Crippen LogP contribution in [0.3, 0.4) is 0 Å². The van der Waals surface area contributed by atoms with Gasteiger partial charge in [-0.25, -0.2) is 4.98 Å². The molecule has 1 aliphatic carbocycles. The van der Waals surface area contributed by atoms with E-state index < -0.39 is 0 Å². The summed E-state index contributed by atoms with van der Waals surface area (Å²) in [5, 5.41) is 4.76. The van der Waals surface area contributed by atoms with Crippen LogP contribution >= 0.6 is 0 Å². The highest BCUT2D eigenvalue weighted by Crippen LogP contribution is 2.40. The predicted octanol–water partition coefficient (Wildman–Crippen LogP) is 9.69. The third-order valence-electron chi connectivity index (χ3n) is 8.58. The van der Waals surface area contributed by atoms with Gasteiger partial charge in [0.25, 0.3) is 0 Å². The summed E-state index contributed by atoms with van der Waals surface area (Å²) in [6.07, 6.45) is 6.68. The second kappa shape index (κ2) is 10.4. The fourth-order valence-electron chi connectivity index (χ4n) is 6.47. The standard InChI is InChI=1S/C40H29N3/c41-36-16-8-9-17-37(36)43(31-12-2-1-3-13-31)26-27-18-20-30(21-19-27)38-34-24-22-28-10-4-6-14-32(28)39(34)42-40-33-15-7-5-11-29(33)23-25-35(38)40/h1-4,6-7,9-10,12-15,17-25H,5,11,26,41H2. The number of pyridine rings is 1. The van der Waals surface area contributed by atoms with Crippen LogP contribution in [0.5, 0.6) is 0 Å². The van der Waals surface area contributed by atoms with Gasteiger partial charge in [-0.1, -0.05) is 109 Å². The molecule has 0 spiro atoms. The molecule has 3 heteroatoms. The SMILES string of the molecule is Nc1c#cccc1N(Cc1ccc(-c2c3ccc4c(c3nc3c2ccc2ccccc23)C=CCC4)cc1)c1ccccc1. The topological polar surface area (TPSA) is 42.1 Å². The maximum absolute atomic E-state index is 6.37. The van der Waals surface area contributed by atoms with Crippen molar-refractivity contribution in [2.24, 2.45) is 0 Å². The van der Waals surface area contributed by atoms with Gasteiger partial charge in [-0.05, 0) is 65.3 Å². The third-order valence-corrected chi connectivity index (χ3v) is 8.58. The zero-order valence-corrected chi connectivity index (χ0v) is 23.7. The monoisotopic (exact) mass is 551 g/mol. The Morgan fingerprint density at radius 3 is 2.40 bits per heavy atom.